The Balaban J connectivity index is 1.54. The molecule has 1 aliphatic heterocycles. The van der Waals surface area contributed by atoms with Crippen molar-refractivity contribution in [1.29, 1.82) is 0 Å². The smallest absolute Gasteiger partial charge is 0.254 e. The highest BCUT2D eigenvalue weighted by Gasteiger charge is 2.23. The summed E-state index contributed by atoms with van der Waals surface area (Å²) < 4.78 is 13.4. The van der Waals surface area contributed by atoms with Gasteiger partial charge in [-0.25, -0.2) is 4.39 Å². The molecule has 0 unspecified atom stereocenters. The van der Waals surface area contributed by atoms with Crippen LogP contribution in [-0.4, -0.2) is 65.8 Å². The molecule has 1 aromatic carbocycles. The van der Waals surface area contributed by atoms with Crippen LogP contribution in [0.3, 0.4) is 0 Å². The number of carbonyl (C=O) groups is 2. The summed E-state index contributed by atoms with van der Waals surface area (Å²) in [5.74, 6) is -0.191. The summed E-state index contributed by atoms with van der Waals surface area (Å²) in [5.41, 5.74) is 1.53. The van der Waals surface area contributed by atoms with Crippen molar-refractivity contribution in [2.75, 3.05) is 39.3 Å². The lowest BCUT2D eigenvalue weighted by Gasteiger charge is -2.26. The van der Waals surface area contributed by atoms with Crippen molar-refractivity contribution in [2.45, 2.75) is 19.9 Å². The van der Waals surface area contributed by atoms with Crippen LogP contribution in [0.1, 0.15) is 29.3 Å². The second kappa shape index (κ2) is 9.80. The SMILES string of the molecule is CCN(Cc1cccc(F)c1)C(=O)CN1CCCN(C(=O)c2ccsc2)CC1. The molecule has 28 heavy (non-hydrogen) atoms. The van der Waals surface area contributed by atoms with Crippen molar-refractivity contribution >= 4 is 23.2 Å². The highest BCUT2D eigenvalue weighted by molar-refractivity contribution is 7.08. The average molecular weight is 404 g/mol. The Morgan fingerprint density at radius 2 is 2.04 bits per heavy atom. The van der Waals surface area contributed by atoms with Gasteiger partial charge >= 0.3 is 0 Å². The predicted octanol–water partition coefficient (Wildman–Crippen LogP) is 3.08. The number of carbonyl (C=O) groups excluding carboxylic acids is 2. The van der Waals surface area contributed by atoms with Crippen LogP contribution in [0.2, 0.25) is 0 Å². The van der Waals surface area contributed by atoms with Crippen molar-refractivity contribution in [1.82, 2.24) is 14.7 Å². The standard InChI is InChI=1S/C21H26FN3O2S/c1-2-24(14-17-5-3-6-19(22)13-17)20(26)15-23-8-4-9-25(11-10-23)21(27)18-7-12-28-16-18/h3,5-7,12-13,16H,2,4,8-11,14-15H2,1H3. The quantitative estimate of drug-likeness (QED) is 0.745. The number of hydrogen-bond acceptors (Lipinski definition) is 4. The first-order chi connectivity index (χ1) is 13.6. The number of benzene rings is 1. The minimum Gasteiger partial charge on any atom is -0.338 e. The molecule has 1 aromatic heterocycles. The van der Waals surface area contributed by atoms with Crippen LogP contribution >= 0.6 is 11.3 Å². The summed E-state index contributed by atoms with van der Waals surface area (Å²) in [4.78, 5) is 31.0. The fraction of sp³-hybridized carbons (Fsp3) is 0.429. The van der Waals surface area contributed by atoms with E-state index in [9.17, 15) is 14.0 Å². The van der Waals surface area contributed by atoms with E-state index >= 15 is 0 Å². The van der Waals surface area contributed by atoms with E-state index in [0.29, 0.717) is 39.3 Å². The van der Waals surface area contributed by atoms with E-state index in [1.807, 2.05) is 34.7 Å². The summed E-state index contributed by atoms with van der Waals surface area (Å²) in [6.07, 6.45) is 0.846. The molecule has 0 aliphatic carbocycles. The topological polar surface area (TPSA) is 43.9 Å². The molecule has 150 valence electrons. The molecule has 1 aliphatic rings. The van der Waals surface area contributed by atoms with Gasteiger partial charge in [0.2, 0.25) is 5.91 Å². The molecule has 2 heterocycles. The average Bonchev–Trinajstić information content (AvgIpc) is 3.13. The Bertz CT molecular complexity index is 797. The highest BCUT2D eigenvalue weighted by atomic mass is 32.1. The fourth-order valence-electron chi connectivity index (χ4n) is 3.42. The van der Waals surface area contributed by atoms with Crippen LogP contribution in [0.25, 0.3) is 0 Å². The summed E-state index contributed by atoms with van der Waals surface area (Å²) in [7, 11) is 0. The Kier molecular flexibility index (Phi) is 7.17. The largest absolute Gasteiger partial charge is 0.338 e. The van der Waals surface area contributed by atoms with E-state index in [0.717, 1.165) is 24.1 Å². The van der Waals surface area contributed by atoms with Gasteiger partial charge < -0.3 is 9.80 Å². The summed E-state index contributed by atoms with van der Waals surface area (Å²) >= 11 is 1.52. The number of rotatable bonds is 6. The van der Waals surface area contributed by atoms with Gasteiger partial charge in [-0.3, -0.25) is 14.5 Å². The lowest BCUT2D eigenvalue weighted by molar-refractivity contribution is -0.132. The molecule has 1 fully saturated rings. The molecule has 0 spiro atoms. The van der Waals surface area contributed by atoms with Gasteiger partial charge in [-0.2, -0.15) is 11.3 Å². The highest BCUT2D eigenvalue weighted by Crippen LogP contribution is 2.13. The fourth-order valence-corrected chi connectivity index (χ4v) is 4.05. The van der Waals surface area contributed by atoms with Gasteiger partial charge in [-0.15, -0.1) is 0 Å². The van der Waals surface area contributed by atoms with Gasteiger partial charge in [-0.05, 0) is 42.5 Å². The van der Waals surface area contributed by atoms with Crippen LogP contribution in [0, 0.1) is 5.82 Å². The maximum atomic E-state index is 13.4. The first-order valence-corrected chi connectivity index (χ1v) is 10.6. The number of hydrogen-bond donors (Lipinski definition) is 0. The molecule has 1 saturated heterocycles. The van der Waals surface area contributed by atoms with Crippen molar-refractivity contribution in [3.8, 4) is 0 Å². The van der Waals surface area contributed by atoms with E-state index in [1.54, 1.807) is 11.0 Å². The number of halogens is 1. The second-order valence-electron chi connectivity index (χ2n) is 6.97. The Labute approximate surface area is 169 Å². The molecular formula is C21H26FN3O2S. The molecule has 0 radical (unpaired) electrons. The third-order valence-electron chi connectivity index (χ3n) is 5.00. The van der Waals surface area contributed by atoms with E-state index in [2.05, 4.69) is 4.90 Å². The maximum Gasteiger partial charge on any atom is 0.254 e. The first kappa shape index (κ1) is 20.5. The number of amides is 2. The summed E-state index contributed by atoms with van der Waals surface area (Å²) in [6.45, 7) is 6.04. The van der Waals surface area contributed by atoms with Crippen LogP contribution in [0.15, 0.2) is 41.1 Å². The van der Waals surface area contributed by atoms with Gasteiger partial charge in [0.05, 0.1) is 12.1 Å². The normalized spacial score (nSPS) is 15.3. The minimum atomic E-state index is -0.288. The minimum absolute atomic E-state index is 0.0318. The zero-order valence-corrected chi connectivity index (χ0v) is 17.0. The predicted molar refractivity (Wildman–Crippen MR) is 109 cm³/mol. The molecular weight excluding hydrogens is 377 g/mol. The van der Waals surface area contributed by atoms with Crippen LogP contribution in [0.4, 0.5) is 4.39 Å². The molecule has 3 rings (SSSR count). The molecule has 2 amide bonds. The second-order valence-corrected chi connectivity index (χ2v) is 7.75. The third-order valence-corrected chi connectivity index (χ3v) is 5.68. The Morgan fingerprint density at radius 3 is 2.75 bits per heavy atom. The molecule has 0 bridgehead atoms. The van der Waals surface area contributed by atoms with E-state index in [-0.39, 0.29) is 17.6 Å². The van der Waals surface area contributed by atoms with E-state index in [1.165, 1.54) is 23.5 Å². The number of likely N-dealkylation sites (N-methyl/N-ethyl adjacent to an activating group) is 1. The first-order valence-electron chi connectivity index (χ1n) is 9.63. The van der Waals surface area contributed by atoms with Crippen LogP contribution < -0.4 is 0 Å². The zero-order valence-electron chi connectivity index (χ0n) is 16.1. The Morgan fingerprint density at radius 1 is 1.18 bits per heavy atom. The molecule has 0 saturated carbocycles. The van der Waals surface area contributed by atoms with Gasteiger partial charge in [0.25, 0.3) is 5.91 Å². The van der Waals surface area contributed by atoms with Crippen LogP contribution in [-0.2, 0) is 11.3 Å². The molecule has 5 nitrogen and oxygen atoms in total. The van der Waals surface area contributed by atoms with Crippen LogP contribution in [0.5, 0.6) is 0 Å². The van der Waals surface area contributed by atoms with Gasteiger partial charge in [-0.1, -0.05) is 12.1 Å². The zero-order chi connectivity index (χ0) is 19.9. The third kappa shape index (κ3) is 5.39. The van der Waals surface area contributed by atoms with Crippen molar-refractivity contribution < 1.29 is 14.0 Å². The van der Waals surface area contributed by atoms with Gasteiger partial charge in [0.1, 0.15) is 5.82 Å². The Hall–Kier alpha value is -2.25. The number of thiophene rings is 1. The monoisotopic (exact) mass is 403 g/mol. The summed E-state index contributed by atoms with van der Waals surface area (Å²) in [6, 6.07) is 8.22. The summed E-state index contributed by atoms with van der Waals surface area (Å²) in [5, 5.41) is 3.79. The molecule has 0 atom stereocenters. The number of nitrogens with zero attached hydrogens (tertiary/aromatic N) is 3. The maximum absolute atomic E-state index is 13.4. The van der Waals surface area contributed by atoms with E-state index in [4.69, 9.17) is 0 Å². The molecule has 0 N–H and O–H groups in total. The van der Waals surface area contributed by atoms with Crippen molar-refractivity contribution in [2.24, 2.45) is 0 Å². The van der Waals surface area contributed by atoms with Gasteiger partial charge in [0.15, 0.2) is 0 Å². The van der Waals surface area contributed by atoms with Gasteiger partial charge in [0, 0.05) is 44.6 Å². The lowest BCUT2D eigenvalue weighted by atomic mass is 10.2. The molecule has 2 aromatic rings. The lowest BCUT2D eigenvalue weighted by Crippen LogP contribution is -2.41. The van der Waals surface area contributed by atoms with Crippen molar-refractivity contribution in [3.05, 3.63) is 58.0 Å². The van der Waals surface area contributed by atoms with Crippen molar-refractivity contribution in [3.63, 3.8) is 0 Å². The van der Waals surface area contributed by atoms with E-state index < -0.39 is 0 Å². The molecule has 7 heteroatoms.